The van der Waals surface area contributed by atoms with Crippen molar-refractivity contribution in [2.45, 2.75) is 13.5 Å². The van der Waals surface area contributed by atoms with Crippen molar-refractivity contribution in [2.24, 2.45) is 0 Å². The standard InChI is InChI=1S/C21H18N4O2/c1-14-23-18-9-5-3-7-16(18)21(27)25(14)13-12-22-20(26)19-11-10-15-6-2-4-8-17(15)24-19/h2-11H,12-13H2,1H3,(H,22,26). The molecule has 2 heterocycles. The van der Waals surface area contributed by atoms with Crippen molar-refractivity contribution in [1.29, 1.82) is 0 Å². The van der Waals surface area contributed by atoms with E-state index in [1.807, 2.05) is 48.5 Å². The SMILES string of the molecule is Cc1nc2ccccc2c(=O)n1CCNC(=O)c1ccc2ccccc2n1. The van der Waals surface area contributed by atoms with Crippen molar-refractivity contribution in [2.75, 3.05) is 6.54 Å². The Morgan fingerprint density at radius 2 is 1.70 bits per heavy atom. The van der Waals surface area contributed by atoms with Gasteiger partial charge in [0.05, 0.1) is 16.4 Å². The zero-order valence-electron chi connectivity index (χ0n) is 14.8. The number of benzene rings is 2. The average molecular weight is 358 g/mol. The summed E-state index contributed by atoms with van der Waals surface area (Å²) in [4.78, 5) is 33.9. The van der Waals surface area contributed by atoms with Gasteiger partial charge in [-0.05, 0) is 31.2 Å². The molecule has 0 spiro atoms. The van der Waals surface area contributed by atoms with Crippen LogP contribution < -0.4 is 10.9 Å². The highest BCUT2D eigenvalue weighted by atomic mass is 16.2. The number of aryl methyl sites for hydroxylation is 1. The zero-order chi connectivity index (χ0) is 18.8. The lowest BCUT2D eigenvalue weighted by molar-refractivity contribution is 0.0947. The van der Waals surface area contributed by atoms with E-state index in [0.29, 0.717) is 35.5 Å². The van der Waals surface area contributed by atoms with E-state index in [1.165, 1.54) is 0 Å². The van der Waals surface area contributed by atoms with Crippen molar-refractivity contribution < 1.29 is 4.79 Å². The maximum Gasteiger partial charge on any atom is 0.269 e. The molecule has 2 aromatic heterocycles. The average Bonchev–Trinajstić information content (AvgIpc) is 2.70. The van der Waals surface area contributed by atoms with Crippen LogP contribution in [0.2, 0.25) is 0 Å². The number of nitrogens with zero attached hydrogens (tertiary/aromatic N) is 3. The quantitative estimate of drug-likeness (QED) is 0.608. The molecule has 0 saturated carbocycles. The number of pyridine rings is 1. The van der Waals surface area contributed by atoms with Crippen LogP contribution >= 0.6 is 0 Å². The van der Waals surface area contributed by atoms with Gasteiger partial charge < -0.3 is 5.32 Å². The molecule has 0 aliphatic carbocycles. The minimum atomic E-state index is -0.264. The van der Waals surface area contributed by atoms with E-state index >= 15 is 0 Å². The summed E-state index contributed by atoms with van der Waals surface area (Å²) in [6.07, 6.45) is 0. The van der Waals surface area contributed by atoms with E-state index in [4.69, 9.17) is 0 Å². The molecule has 134 valence electrons. The van der Waals surface area contributed by atoms with Crippen molar-refractivity contribution in [1.82, 2.24) is 19.9 Å². The van der Waals surface area contributed by atoms with Crippen LogP contribution in [0.1, 0.15) is 16.3 Å². The van der Waals surface area contributed by atoms with Crippen molar-refractivity contribution in [3.05, 3.63) is 82.5 Å². The molecule has 0 atom stereocenters. The largest absolute Gasteiger partial charge is 0.349 e. The number of amides is 1. The van der Waals surface area contributed by atoms with Gasteiger partial charge in [-0.15, -0.1) is 0 Å². The predicted octanol–water partition coefficient (Wildman–Crippen LogP) is 2.68. The lowest BCUT2D eigenvalue weighted by atomic mass is 10.2. The molecular weight excluding hydrogens is 340 g/mol. The number of fused-ring (bicyclic) bond motifs is 2. The summed E-state index contributed by atoms with van der Waals surface area (Å²) in [5, 5.41) is 4.39. The molecular formula is C21H18N4O2. The monoisotopic (exact) mass is 358 g/mol. The summed E-state index contributed by atoms with van der Waals surface area (Å²) >= 11 is 0. The number of nitrogens with one attached hydrogen (secondary N) is 1. The summed E-state index contributed by atoms with van der Waals surface area (Å²) < 4.78 is 1.58. The molecule has 6 nitrogen and oxygen atoms in total. The van der Waals surface area contributed by atoms with Gasteiger partial charge in [0.2, 0.25) is 0 Å². The number of rotatable bonds is 4. The fraction of sp³-hybridized carbons (Fsp3) is 0.143. The third kappa shape index (κ3) is 3.29. The Hall–Kier alpha value is -3.54. The van der Waals surface area contributed by atoms with Crippen LogP contribution in [0.5, 0.6) is 0 Å². The Balaban J connectivity index is 1.50. The van der Waals surface area contributed by atoms with Gasteiger partial charge in [0.25, 0.3) is 11.5 Å². The maximum absolute atomic E-state index is 12.6. The first-order valence-electron chi connectivity index (χ1n) is 8.74. The van der Waals surface area contributed by atoms with E-state index in [2.05, 4.69) is 15.3 Å². The Bertz CT molecular complexity index is 1210. The summed E-state index contributed by atoms with van der Waals surface area (Å²) in [6.45, 7) is 2.45. The Morgan fingerprint density at radius 1 is 0.963 bits per heavy atom. The van der Waals surface area contributed by atoms with E-state index in [9.17, 15) is 9.59 Å². The number of aromatic nitrogens is 3. The molecule has 4 aromatic rings. The molecule has 6 heteroatoms. The molecule has 0 unspecified atom stereocenters. The molecule has 4 rings (SSSR count). The Morgan fingerprint density at radius 3 is 2.56 bits per heavy atom. The molecule has 0 bridgehead atoms. The molecule has 0 saturated heterocycles. The predicted molar refractivity (Wildman–Crippen MR) is 105 cm³/mol. The summed E-state index contributed by atoms with van der Waals surface area (Å²) in [6, 6.07) is 18.5. The number of carbonyl (C=O) groups excluding carboxylic acids is 1. The Labute approximate surface area is 155 Å². The molecule has 1 amide bonds. The van der Waals surface area contributed by atoms with E-state index in [0.717, 1.165) is 10.9 Å². The van der Waals surface area contributed by atoms with Crippen LogP contribution in [0, 0.1) is 6.92 Å². The summed E-state index contributed by atoms with van der Waals surface area (Å²) in [5.41, 5.74) is 1.71. The van der Waals surface area contributed by atoms with E-state index in [-0.39, 0.29) is 11.5 Å². The second-order valence-electron chi connectivity index (χ2n) is 6.28. The molecule has 0 fully saturated rings. The smallest absolute Gasteiger partial charge is 0.269 e. The highest BCUT2D eigenvalue weighted by Crippen LogP contribution is 2.11. The normalized spacial score (nSPS) is 11.0. The van der Waals surface area contributed by atoms with Gasteiger partial charge in [-0.3, -0.25) is 14.2 Å². The van der Waals surface area contributed by atoms with E-state index < -0.39 is 0 Å². The maximum atomic E-state index is 12.6. The zero-order valence-corrected chi connectivity index (χ0v) is 14.8. The van der Waals surface area contributed by atoms with Gasteiger partial charge in [-0.2, -0.15) is 0 Å². The molecule has 2 aromatic carbocycles. The summed E-state index contributed by atoms with van der Waals surface area (Å²) in [5.74, 6) is 0.358. The van der Waals surface area contributed by atoms with Gasteiger partial charge >= 0.3 is 0 Å². The third-order valence-electron chi connectivity index (χ3n) is 4.50. The van der Waals surface area contributed by atoms with Crippen LogP contribution in [-0.4, -0.2) is 27.0 Å². The first-order chi connectivity index (χ1) is 13.1. The molecule has 1 N–H and O–H groups in total. The van der Waals surface area contributed by atoms with E-state index in [1.54, 1.807) is 23.6 Å². The van der Waals surface area contributed by atoms with Crippen LogP contribution in [0.15, 0.2) is 65.5 Å². The van der Waals surface area contributed by atoms with Crippen molar-refractivity contribution in [3.8, 4) is 0 Å². The van der Waals surface area contributed by atoms with Crippen LogP contribution in [0.25, 0.3) is 21.8 Å². The number of carbonyl (C=O) groups is 1. The lowest BCUT2D eigenvalue weighted by Gasteiger charge is -2.11. The van der Waals surface area contributed by atoms with Gasteiger partial charge in [-0.25, -0.2) is 9.97 Å². The molecule has 27 heavy (non-hydrogen) atoms. The third-order valence-corrected chi connectivity index (χ3v) is 4.50. The van der Waals surface area contributed by atoms with Gasteiger partial charge in [-0.1, -0.05) is 36.4 Å². The highest BCUT2D eigenvalue weighted by Gasteiger charge is 2.10. The topological polar surface area (TPSA) is 76.9 Å². The van der Waals surface area contributed by atoms with Gasteiger partial charge in [0.15, 0.2) is 0 Å². The highest BCUT2D eigenvalue weighted by molar-refractivity contribution is 5.94. The van der Waals surface area contributed by atoms with Crippen LogP contribution in [-0.2, 0) is 6.54 Å². The van der Waals surface area contributed by atoms with Crippen molar-refractivity contribution >= 4 is 27.7 Å². The minimum Gasteiger partial charge on any atom is -0.349 e. The lowest BCUT2D eigenvalue weighted by Crippen LogP contribution is -2.32. The van der Waals surface area contributed by atoms with Crippen LogP contribution in [0.3, 0.4) is 0 Å². The van der Waals surface area contributed by atoms with Gasteiger partial charge in [0.1, 0.15) is 11.5 Å². The number of hydrogen-bond donors (Lipinski definition) is 1. The fourth-order valence-electron chi connectivity index (χ4n) is 3.11. The van der Waals surface area contributed by atoms with Crippen molar-refractivity contribution in [3.63, 3.8) is 0 Å². The molecule has 0 aliphatic rings. The number of hydrogen-bond acceptors (Lipinski definition) is 4. The Kier molecular flexibility index (Phi) is 4.38. The first-order valence-corrected chi connectivity index (χ1v) is 8.74. The first kappa shape index (κ1) is 16.9. The fourth-order valence-corrected chi connectivity index (χ4v) is 3.11. The molecule has 0 radical (unpaired) electrons. The second kappa shape index (κ2) is 6.99. The molecule has 0 aliphatic heterocycles. The van der Waals surface area contributed by atoms with Crippen LogP contribution in [0.4, 0.5) is 0 Å². The summed E-state index contributed by atoms with van der Waals surface area (Å²) in [7, 11) is 0. The second-order valence-corrected chi connectivity index (χ2v) is 6.28. The number of para-hydroxylation sites is 2. The minimum absolute atomic E-state index is 0.101. The van der Waals surface area contributed by atoms with Gasteiger partial charge in [0, 0.05) is 18.5 Å².